The molecule has 204 valence electrons. The molecule has 0 radical (unpaired) electrons. The van der Waals surface area contributed by atoms with Crippen molar-refractivity contribution in [3.8, 4) is 22.5 Å². The molecule has 1 aliphatic heterocycles. The molecule has 0 unspecified atom stereocenters. The van der Waals surface area contributed by atoms with E-state index in [1.165, 1.54) is 0 Å². The average Bonchev–Trinajstić information content (AvgIpc) is 3.55. The number of benzene rings is 6. The Morgan fingerprint density at radius 3 is 1.44 bits per heavy atom. The van der Waals surface area contributed by atoms with Gasteiger partial charge in [-0.3, -0.25) is 4.79 Å². The first-order chi connectivity index (χ1) is 21.0. The van der Waals surface area contributed by atoms with Crippen LogP contribution in [-0.2, 0) is 9.84 Å². The molecule has 6 heteroatoms. The lowest BCUT2D eigenvalue weighted by atomic mass is 9.95. The lowest BCUT2D eigenvalue weighted by Gasteiger charge is -2.20. The summed E-state index contributed by atoms with van der Waals surface area (Å²) in [6, 6.07) is 43.4. The van der Waals surface area contributed by atoms with Crippen molar-refractivity contribution >= 4 is 58.6 Å². The number of rotatable bonds is 2. The Balaban J connectivity index is 1.42. The first kappa shape index (κ1) is 24.2. The maximum Gasteiger partial charge on any atom is 0.282 e. The van der Waals surface area contributed by atoms with Crippen LogP contribution in [0.5, 0.6) is 0 Å². The molecule has 6 aromatic carbocycles. The topological polar surface area (TPSA) is 61.1 Å². The zero-order valence-electron chi connectivity index (χ0n) is 22.7. The van der Waals surface area contributed by atoms with Crippen LogP contribution >= 0.6 is 0 Å². The van der Waals surface area contributed by atoms with Crippen LogP contribution in [0.15, 0.2) is 138 Å². The Labute approximate surface area is 246 Å². The normalized spacial score (nSPS) is 14.0. The zero-order valence-corrected chi connectivity index (χ0v) is 23.5. The highest BCUT2D eigenvalue weighted by molar-refractivity contribution is 8.07. The number of para-hydroxylation sites is 4. The number of hydrogen-bond acceptors (Lipinski definition) is 3. The van der Waals surface area contributed by atoms with Gasteiger partial charge in [-0.05, 0) is 66.2 Å². The van der Waals surface area contributed by atoms with Crippen LogP contribution in [0, 0.1) is 0 Å². The molecule has 1 aliphatic rings. The maximum atomic E-state index is 14.0. The highest BCUT2D eigenvalue weighted by Gasteiger charge is 2.38. The molecule has 0 saturated heterocycles. The van der Waals surface area contributed by atoms with Crippen molar-refractivity contribution in [3.05, 3.63) is 139 Å². The highest BCUT2D eigenvalue weighted by atomic mass is 32.2. The molecule has 0 aliphatic carbocycles. The first-order valence-corrected chi connectivity index (χ1v) is 15.6. The summed E-state index contributed by atoms with van der Waals surface area (Å²) in [4.78, 5) is 13.9. The summed E-state index contributed by atoms with van der Waals surface area (Å²) in [7, 11) is -4.30. The fourth-order valence-electron chi connectivity index (χ4n) is 6.79. The van der Waals surface area contributed by atoms with Gasteiger partial charge in [-0.2, -0.15) is 0 Å². The van der Waals surface area contributed by atoms with Crippen molar-refractivity contribution in [1.82, 2.24) is 9.13 Å². The van der Waals surface area contributed by atoms with Crippen molar-refractivity contribution in [3.63, 3.8) is 0 Å². The molecule has 0 fully saturated rings. The SMILES string of the molecule is O=C1c2cc3c(cc2-c2cc4c5ccccc5n(-c5ccccc5)c4cc2S1(=O)=O)c1ccccc1n3-c1ccccc1. The van der Waals surface area contributed by atoms with Gasteiger partial charge < -0.3 is 9.13 Å². The summed E-state index contributed by atoms with van der Waals surface area (Å²) < 4.78 is 32.1. The van der Waals surface area contributed by atoms with Crippen molar-refractivity contribution in [1.29, 1.82) is 0 Å². The zero-order chi connectivity index (χ0) is 28.9. The molecule has 0 bridgehead atoms. The van der Waals surface area contributed by atoms with Crippen LogP contribution in [0.2, 0.25) is 0 Å². The van der Waals surface area contributed by atoms with Gasteiger partial charge in [0.05, 0.1) is 27.0 Å². The summed E-state index contributed by atoms with van der Waals surface area (Å²) in [5.41, 5.74) is 6.74. The van der Waals surface area contributed by atoms with Gasteiger partial charge in [0.2, 0.25) is 9.84 Å². The number of carbonyl (C=O) groups is 1. The van der Waals surface area contributed by atoms with Crippen molar-refractivity contribution < 1.29 is 13.2 Å². The highest BCUT2D eigenvalue weighted by Crippen LogP contribution is 2.46. The Kier molecular flexibility index (Phi) is 4.80. The van der Waals surface area contributed by atoms with E-state index in [1.54, 1.807) is 12.1 Å². The Hall–Kier alpha value is -5.46. The van der Waals surface area contributed by atoms with Gasteiger partial charge >= 0.3 is 0 Å². The Morgan fingerprint density at radius 2 is 0.884 bits per heavy atom. The average molecular weight is 575 g/mol. The molecular formula is C37H22N2O3S. The van der Waals surface area contributed by atoms with Crippen LogP contribution in [-0.4, -0.2) is 22.7 Å². The van der Waals surface area contributed by atoms with Crippen LogP contribution in [0.3, 0.4) is 0 Å². The van der Waals surface area contributed by atoms with E-state index in [0.29, 0.717) is 11.1 Å². The van der Waals surface area contributed by atoms with Gasteiger partial charge in [0, 0.05) is 44.0 Å². The van der Waals surface area contributed by atoms with Crippen LogP contribution < -0.4 is 0 Å². The van der Waals surface area contributed by atoms with E-state index < -0.39 is 15.0 Å². The molecule has 0 saturated carbocycles. The largest absolute Gasteiger partial charge is 0.309 e. The lowest BCUT2D eigenvalue weighted by Crippen LogP contribution is -2.21. The summed E-state index contributed by atoms with van der Waals surface area (Å²) >= 11 is 0. The summed E-state index contributed by atoms with van der Waals surface area (Å²) in [5, 5.41) is 3.07. The van der Waals surface area contributed by atoms with Crippen LogP contribution in [0.25, 0.3) is 66.1 Å². The number of hydrogen-bond donors (Lipinski definition) is 0. The van der Waals surface area contributed by atoms with Crippen LogP contribution in [0.4, 0.5) is 0 Å². The monoisotopic (exact) mass is 574 g/mol. The Bertz CT molecular complexity index is 2580. The molecule has 2 aromatic heterocycles. The fourth-order valence-corrected chi connectivity index (χ4v) is 8.17. The van der Waals surface area contributed by atoms with E-state index in [4.69, 9.17) is 0 Å². The third-order valence-corrected chi connectivity index (χ3v) is 10.3. The third kappa shape index (κ3) is 3.21. The predicted octanol–water partition coefficient (Wildman–Crippen LogP) is 8.48. The van der Waals surface area contributed by atoms with Crippen molar-refractivity contribution in [2.24, 2.45) is 0 Å². The van der Waals surface area contributed by atoms with Gasteiger partial charge in [-0.1, -0.05) is 72.8 Å². The smallest absolute Gasteiger partial charge is 0.282 e. The van der Waals surface area contributed by atoms with Crippen molar-refractivity contribution in [2.45, 2.75) is 4.90 Å². The number of nitrogens with zero attached hydrogens (tertiary/aromatic N) is 2. The van der Waals surface area contributed by atoms with E-state index >= 15 is 0 Å². The molecule has 0 amide bonds. The number of aromatic nitrogens is 2. The molecule has 8 aromatic rings. The van der Waals surface area contributed by atoms with E-state index in [1.807, 2.05) is 103 Å². The molecule has 3 heterocycles. The molecule has 0 N–H and O–H groups in total. The maximum absolute atomic E-state index is 14.0. The second-order valence-corrected chi connectivity index (χ2v) is 12.8. The molecule has 43 heavy (non-hydrogen) atoms. The first-order valence-electron chi connectivity index (χ1n) is 14.1. The standard InChI is InChI=1S/C37H22N2O3S/c40-37-31-21-34-28(25-15-7-9-17-32(25)38(34)23-11-3-1-4-12-23)19-27(31)30-20-29-26-16-8-10-18-33(26)39(24-13-5-2-6-14-24)35(29)22-36(30)43(37,41)42/h1-22H. The van der Waals surface area contributed by atoms with Gasteiger partial charge in [-0.25, -0.2) is 8.42 Å². The minimum absolute atomic E-state index is 0.0450. The molecule has 5 nitrogen and oxygen atoms in total. The second kappa shape index (κ2) is 8.53. The molecule has 9 rings (SSSR count). The van der Waals surface area contributed by atoms with Crippen LogP contribution in [0.1, 0.15) is 10.4 Å². The van der Waals surface area contributed by atoms with E-state index in [2.05, 4.69) is 27.3 Å². The quantitative estimate of drug-likeness (QED) is 0.208. The fraction of sp³-hybridized carbons (Fsp3) is 0. The van der Waals surface area contributed by atoms with E-state index in [9.17, 15) is 13.2 Å². The lowest BCUT2D eigenvalue weighted by molar-refractivity contribution is 0.107. The van der Waals surface area contributed by atoms with Gasteiger partial charge in [0.15, 0.2) is 0 Å². The van der Waals surface area contributed by atoms with Gasteiger partial charge in [-0.15, -0.1) is 0 Å². The van der Waals surface area contributed by atoms with Crippen molar-refractivity contribution in [2.75, 3.05) is 0 Å². The molecule has 0 atom stereocenters. The second-order valence-electron chi connectivity index (χ2n) is 10.9. The van der Waals surface area contributed by atoms with E-state index in [-0.39, 0.29) is 10.5 Å². The third-order valence-electron chi connectivity index (χ3n) is 8.66. The minimum atomic E-state index is -4.30. The Morgan fingerprint density at radius 1 is 0.419 bits per heavy atom. The number of sulfone groups is 1. The van der Waals surface area contributed by atoms with Gasteiger partial charge in [0.25, 0.3) is 5.12 Å². The number of carbonyl (C=O) groups excluding carboxylic acids is 1. The molecular weight excluding hydrogens is 552 g/mol. The summed E-state index contributed by atoms with van der Waals surface area (Å²) in [5.74, 6) is 0. The number of fused-ring (bicyclic) bond motifs is 9. The molecule has 0 spiro atoms. The van der Waals surface area contributed by atoms with Gasteiger partial charge in [0.1, 0.15) is 0 Å². The predicted molar refractivity (Wildman–Crippen MR) is 172 cm³/mol. The minimum Gasteiger partial charge on any atom is -0.309 e. The van der Waals surface area contributed by atoms with E-state index in [0.717, 1.165) is 55.0 Å². The summed E-state index contributed by atoms with van der Waals surface area (Å²) in [6.07, 6.45) is 0. The summed E-state index contributed by atoms with van der Waals surface area (Å²) in [6.45, 7) is 0.